The van der Waals surface area contributed by atoms with Crippen LogP contribution < -0.4 is 4.74 Å². The first kappa shape index (κ1) is 20.2. The molecular weight excluding hydrogens is 358 g/mol. The van der Waals surface area contributed by atoms with Crippen molar-refractivity contribution >= 4 is 22.3 Å². The Labute approximate surface area is 154 Å². The molecule has 1 aromatic carbocycles. The number of hydrogen-bond donors (Lipinski definition) is 0. The van der Waals surface area contributed by atoms with Gasteiger partial charge in [0.15, 0.2) is 0 Å². The molecule has 2 amide bonds. The van der Waals surface area contributed by atoms with Crippen molar-refractivity contribution in [1.29, 1.82) is 0 Å². The number of piperazine rings is 1. The summed E-state index contributed by atoms with van der Waals surface area (Å²) in [4.78, 5) is 26.4. The van der Waals surface area contributed by atoms with Gasteiger partial charge in [0.25, 0.3) is 0 Å². The van der Waals surface area contributed by atoms with E-state index in [4.69, 9.17) is 4.74 Å². The maximum atomic E-state index is 12.3. The third kappa shape index (κ3) is 5.70. The molecule has 1 fully saturated rings. The fourth-order valence-electron chi connectivity index (χ4n) is 2.75. The van der Waals surface area contributed by atoms with Crippen LogP contribution in [-0.4, -0.2) is 80.9 Å². The molecule has 0 bridgehead atoms. The van der Waals surface area contributed by atoms with E-state index >= 15 is 0 Å². The van der Waals surface area contributed by atoms with Crippen LogP contribution in [0.2, 0.25) is 0 Å². The number of carbonyl (C=O) groups excluding carboxylic acids is 2. The van der Waals surface area contributed by atoms with Crippen LogP contribution in [0.3, 0.4) is 0 Å². The molecule has 0 saturated carbocycles. The highest BCUT2D eigenvalue weighted by Gasteiger charge is 2.23. The molecule has 0 atom stereocenters. The molecule has 8 nitrogen and oxygen atoms in total. The zero-order chi connectivity index (χ0) is 19.2. The zero-order valence-corrected chi connectivity index (χ0v) is 15.9. The summed E-state index contributed by atoms with van der Waals surface area (Å²) in [6.07, 6.45) is 2.04. The van der Waals surface area contributed by atoms with E-state index in [0.29, 0.717) is 31.9 Å². The summed E-state index contributed by atoms with van der Waals surface area (Å²) in [5.41, 5.74) is 0.822. The number of hydrogen-bond acceptors (Lipinski definition) is 5. The molecule has 0 unspecified atom stereocenters. The Morgan fingerprint density at radius 1 is 1.19 bits per heavy atom. The number of benzene rings is 1. The first-order valence-electron chi connectivity index (χ1n) is 8.38. The van der Waals surface area contributed by atoms with Gasteiger partial charge in [-0.15, -0.1) is 0 Å². The number of carbonyl (C=O) groups is 2. The van der Waals surface area contributed by atoms with Gasteiger partial charge in [-0.05, 0) is 17.7 Å². The van der Waals surface area contributed by atoms with Crippen LogP contribution in [0.15, 0.2) is 24.3 Å². The normalized spacial score (nSPS) is 15.2. The molecule has 9 heteroatoms. The molecule has 0 aliphatic carbocycles. The van der Waals surface area contributed by atoms with E-state index in [0.717, 1.165) is 18.2 Å². The smallest absolute Gasteiger partial charge is 0.224 e. The van der Waals surface area contributed by atoms with Crippen LogP contribution in [0.1, 0.15) is 12.0 Å². The van der Waals surface area contributed by atoms with Crippen molar-refractivity contribution in [3.8, 4) is 5.75 Å². The summed E-state index contributed by atoms with van der Waals surface area (Å²) < 4.78 is 30.5. The Hall–Kier alpha value is -2.13. The largest absolute Gasteiger partial charge is 0.497 e. The molecule has 2 rings (SSSR count). The van der Waals surface area contributed by atoms with Gasteiger partial charge in [-0.1, -0.05) is 12.1 Å². The third-order valence-electron chi connectivity index (χ3n) is 4.38. The summed E-state index contributed by atoms with van der Waals surface area (Å²) >= 11 is 0. The maximum absolute atomic E-state index is 12.3. The number of ether oxygens (including phenoxy) is 1. The molecule has 26 heavy (non-hydrogen) atoms. The second-order valence-electron chi connectivity index (χ2n) is 6.22. The number of sulfonamides is 1. The monoisotopic (exact) mass is 383 g/mol. The van der Waals surface area contributed by atoms with Gasteiger partial charge < -0.3 is 14.5 Å². The minimum absolute atomic E-state index is 0.0982. The maximum Gasteiger partial charge on any atom is 0.224 e. The molecule has 144 valence electrons. The Bertz CT molecular complexity index is 712. The van der Waals surface area contributed by atoms with E-state index < -0.39 is 10.0 Å². The lowest BCUT2D eigenvalue weighted by Crippen LogP contribution is -2.48. The van der Waals surface area contributed by atoms with Crippen molar-refractivity contribution in [1.82, 2.24) is 14.1 Å². The van der Waals surface area contributed by atoms with Crippen LogP contribution in [0.5, 0.6) is 5.75 Å². The molecule has 0 N–H and O–H groups in total. The fraction of sp³-hybridized carbons (Fsp3) is 0.529. The molecule has 1 aliphatic rings. The van der Waals surface area contributed by atoms with Crippen LogP contribution in [0.4, 0.5) is 0 Å². The summed E-state index contributed by atoms with van der Waals surface area (Å²) in [6.45, 7) is 2.31. The Morgan fingerprint density at radius 2 is 1.81 bits per heavy atom. The highest BCUT2D eigenvalue weighted by atomic mass is 32.2. The quantitative estimate of drug-likeness (QED) is 0.596. The minimum Gasteiger partial charge on any atom is -0.497 e. The van der Waals surface area contributed by atoms with Gasteiger partial charge in [0.2, 0.25) is 22.3 Å². The zero-order valence-electron chi connectivity index (χ0n) is 15.1. The highest BCUT2D eigenvalue weighted by Crippen LogP contribution is 2.15. The van der Waals surface area contributed by atoms with Gasteiger partial charge in [-0.3, -0.25) is 9.59 Å². The van der Waals surface area contributed by atoms with Crippen LogP contribution >= 0.6 is 0 Å². The second kappa shape index (κ2) is 9.00. The fourth-order valence-corrected chi connectivity index (χ4v) is 3.56. The summed E-state index contributed by atoms with van der Waals surface area (Å²) in [7, 11) is -1.87. The SMILES string of the molecule is COc1ccc(CN(CCC(=O)N2CCN(C=O)CC2)S(C)(=O)=O)cc1. The van der Waals surface area contributed by atoms with Crippen molar-refractivity contribution in [2.45, 2.75) is 13.0 Å². The van der Waals surface area contributed by atoms with Crippen molar-refractivity contribution in [2.75, 3.05) is 46.1 Å². The standard InChI is InChI=1S/C17H25N3O5S/c1-25-16-5-3-15(4-6-16)13-20(26(2,23)24)8-7-17(22)19-11-9-18(14-21)10-12-19/h3-6,14H,7-13H2,1-2H3. The second-order valence-corrected chi connectivity index (χ2v) is 8.20. The summed E-state index contributed by atoms with van der Waals surface area (Å²) in [5.74, 6) is 0.600. The average molecular weight is 383 g/mol. The van der Waals surface area contributed by atoms with E-state index in [2.05, 4.69) is 0 Å². The van der Waals surface area contributed by atoms with Crippen molar-refractivity contribution in [3.63, 3.8) is 0 Å². The van der Waals surface area contributed by atoms with Gasteiger partial charge in [0.05, 0.1) is 13.4 Å². The van der Waals surface area contributed by atoms with E-state index in [1.165, 1.54) is 4.31 Å². The van der Waals surface area contributed by atoms with Crippen LogP contribution in [0.25, 0.3) is 0 Å². The molecule has 0 spiro atoms. The molecule has 1 heterocycles. The summed E-state index contributed by atoms with van der Waals surface area (Å²) in [5, 5.41) is 0. The topological polar surface area (TPSA) is 87.2 Å². The minimum atomic E-state index is -3.44. The number of rotatable bonds is 8. The van der Waals surface area contributed by atoms with Crippen molar-refractivity contribution in [3.05, 3.63) is 29.8 Å². The number of methoxy groups -OCH3 is 1. The molecule has 1 aliphatic heterocycles. The predicted octanol–water partition coefficient (Wildman–Crippen LogP) is 0.148. The Kier molecular flexibility index (Phi) is 6.98. The van der Waals surface area contributed by atoms with Gasteiger partial charge in [-0.2, -0.15) is 4.31 Å². The van der Waals surface area contributed by atoms with Crippen LogP contribution in [-0.2, 0) is 26.2 Å². The highest BCUT2D eigenvalue weighted by molar-refractivity contribution is 7.88. The molecule has 1 aromatic rings. The summed E-state index contributed by atoms with van der Waals surface area (Å²) in [6, 6.07) is 7.15. The van der Waals surface area contributed by atoms with Crippen molar-refractivity contribution in [2.24, 2.45) is 0 Å². The molecular formula is C17H25N3O5S. The third-order valence-corrected chi connectivity index (χ3v) is 5.63. The molecule has 1 saturated heterocycles. The van der Waals surface area contributed by atoms with E-state index in [1.807, 2.05) is 0 Å². The lowest BCUT2D eigenvalue weighted by Gasteiger charge is -2.33. The number of nitrogens with zero attached hydrogens (tertiary/aromatic N) is 3. The number of amides is 2. The Morgan fingerprint density at radius 3 is 2.31 bits per heavy atom. The van der Waals surface area contributed by atoms with Crippen LogP contribution in [0, 0.1) is 0 Å². The van der Waals surface area contributed by atoms with Crippen molar-refractivity contribution < 1.29 is 22.7 Å². The lowest BCUT2D eigenvalue weighted by molar-refractivity contribution is -0.135. The average Bonchev–Trinajstić information content (AvgIpc) is 2.64. The Balaban J connectivity index is 1.93. The van der Waals surface area contributed by atoms with E-state index in [1.54, 1.807) is 41.2 Å². The molecule has 0 aromatic heterocycles. The first-order chi connectivity index (χ1) is 12.3. The van der Waals surface area contributed by atoms with Gasteiger partial charge in [0.1, 0.15) is 5.75 Å². The predicted molar refractivity (Wildman–Crippen MR) is 97.1 cm³/mol. The van der Waals surface area contributed by atoms with Gasteiger partial charge in [-0.25, -0.2) is 8.42 Å². The van der Waals surface area contributed by atoms with Gasteiger partial charge in [0, 0.05) is 45.7 Å². The molecule has 0 radical (unpaired) electrons. The van der Waals surface area contributed by atoms with E-state index in [9.17, 15) is 18.0 Å². The van der Waals surface area contributed by atoms with E-state index in [-0.39, 0.29) is 25.4 Å². The van der Waals surface area contributed by atoms with Gasteiger partial charge >= 0.3 is 0 Å². The first-order valence-corrected chi connectivity index (χ1v) is 10.2. The lowest BCUT2D eigenvalue weighted by atomic mass is 10.2.